The minimum atomic E-state index is -0.572. The smallest absolute Gasteiger partial charge is 0.0766 e. The molecule has 0 bridgehead atoms. The molecule has 0 aromatic heterocycles. The first kappa shape index (κ1) is 16.9. The summed E-state index contributed by atoms with van der Waals surface area (Å²) in [7, 11) is 0. The Bertz CT molecular complexity index is 176. The van der Waals surface area contributed by atoms with Gasteiger partial charge in [-0.25, -0.2) is 0 Å². The molecule has 0 radical (unpaired) electrons. The van der Waals surface area contributed by atoms with Crippen LogP contribution in [-0.2, 0) is 0 Å². The van der Waals surface area contributed by atoms with Crippen molar-refractivity contribution < 1.29 is 5.11 Å². The molecule has 0 fully saturated rings. The third-order valence-corrected chi connectivity index (χ3v) is 3.61. The van der Waals surface area contributed by atoms with Crippen molar-refractivity contribution in [2.24, 2.45) is 11.8 Å². The molecule has 1 atom stereocenters. The number of nitrogens with one attached hydrogen (secondary N) is 1. The van der Waals surface area contributed by atoms with E-state index >= 15 is 0 Å². The molecule has 2 nitrogen and oxygen atoms in total. The second-order valence-corrected chi connectivity index (χ2v) is 6.29. The molecular weight excluding hydrogens is 210 g/mol. The molecule has 0 rings (SSSR count). The number of rotatable bonds is 10. The Kier molecular flexibility index (Phi) is 8.89. The van der Waals surface area contributed by atoms with Crippen molar-refractivity contribution in [3.63, 3.8) is 0 Å². The molecule has 0 saturated carbocycles. The topological polar surface area (TPSA) is 32.3 Å². The zero-order valence-electron chi connectivity index (χ0n) is 12.6. The van der Waals surface area contributed by atoms with Crippen LogP contribution < -0.4 is 5.32 Å². The largest absolute Gasteiger partial charge is 0.389 e. The standard InChI is InChI=1S/C15H33NO/c1-13(2)10-8-6-7-9-11-16-12-15(5,17)14(3)4/h13-14,16-17H,6-12H2,1-5H3. The summed E-state index contributed by atoms with van der Waals surface area (Å²) in [6.07, 6.45) is 6.60. The van der Waals surface area contributed by atoms with Gasteiger partial charge >= 0.3 is 0 Å². The molecule has 0 aromatic carbocycles. The highest BCUT2D eigenvalue weighted by Gasteiger charge is 2.23. The highest BCUT2D eigenvalue weighted by molar-refractivity contribution is 4.78. The minimum absolute atomic E-state index is 0.307. The lowest BCUT2D eigenvalue weighted by Gasteiger charge is -2.27. The molecule has 104 valence electrons. The van der Waals surface area contributed by atoms with E-state index in [0.29, 0.717) is 12.5 Å². The first-order valence-corrected chi connectivity index (χ1v) is 7.29. The van der Waals surface area contributed by atoms with Crippen LogP contribution in [0.4, 0.5) is 0 Å². The maximum absolute atomic E-state index is 10.0. The molecule has 0 aromatic rings. The first-order valence-electron chi connectivity index (χ1n) is 7.29. The fourth-order valence-corrected chi connectivity index (χ4v) is 1.70. The van der Waals surface area contributed by atoms with E-state index in [1.807, 2.05) is 6.92 Å². The number of aliphatic hydroxyl groups is 1. The third-order valence-electron chi connectivity index (χ3n) is 3.61. The fraction of sp³-hybridized carbons (Fsp3) is 1.00. The van der Waals surface area contributed by atoms with Gasteiger partial charge in [-0.05, 0) is 31.7 Å². The Morgan fingerprint density at radius 1 is 1.00 bits per heavy atom. The van der Waals surface area contributed by atoms with Gasteiger partial charge in [-0.3, -0.25) is 0 Å². The normalized spacial score (nSPS) is 15.5. The average molecular weight is 243 g/mol. The van der Waals surface area contributed by atoms with Crippen molar-refractivity contribution in [2.75, 3.05) is 13.1 Å². The molecule has 2 heteroatoms. The Hall–Kier alpha value is -0.0800. The van der Waals surface area contributed by atoms with Crippen molar-refractivity contribution in [1.29, 1.82) is 0 Å². The Morgan fingerprint density at radius 3 is 2.12 bits per heavy atom. The number of unbranched alkanes of at least 4 members (excludes halogenated alkanes) is 3. The van der Waals surface area contributed by atoms with E-state index in [2.05, 4.69) is 33.0 Å². The highest BCUT2D eigenvalue weighted by Crippen LogP contribution is 2.14. The van der Waals surface area contributed by atoms with Crippen LogP contribution in [0, 0.1) is 11.8 Å². The molecule has 2 N–H and O–H groups in total. The van der Waals surface area contributed by atoms with E-state index < -0.39 is 5.60 Å². The molecule has 0 aliphatic carbocycles. The zero-order chi connectivity index (χ0) is 13.3. The fourth-order valence-electron chi connectivity index (χ4n) is 1.70. The van der Waals surface area contributed by atoms with E-state index in [-0.39, 0.29) is 0 Å². The Labute approximate surface area is 108 Å². The predicted molar refractivity (Wildman–Crippen MR) is 76.3 cm³/mol. The van der Waals surface area contributed by atoms with Crippen molar-refractivity contribution in [2.45, 2.75) is 72.3 Å². The third kappa shape index (κ3) is 9.61. The van der Waals surface area contributed by atoms with Crippen LogP contribution in [0.1, 0.15) is 66.7 Å². The van der Waals surface area contributed by atoms with Gasteiger partial charge in [0.1, 0.15) is 0 Å². The zero-order valence-corrected chi connectivity index (χ0v) is 12.6. The van der Waals surface area contributed by atoms with Gasteiger partial charge in [0.15, 0.2) is 0 Å². The molecule has 0 aliphatic heterocycles. The monoisotopic (exact) mass is 243 g/mol. The molecule has 0 aliphatic rings. The maximum atomic E-state index is 10.0. The SMILES string of the molecule is CC(C)CCCCCCNCC(C)(O)C(C)C. The molecular formula is C15H33NO. The van der Waals surface area contributed by atoms with Gasteiger partial charge < -0.3 is 10.4 Å². The highest BCUT2D eigenvalue weighted by atomic mass is 16.3. The lowest BCUT2D eigenvalue weighted by Crippen LogP contribution is -2.42. The summed E-state index contributed by atoms with van der Waals surface area (Å²) >= 11 is 0. The van der Waals surface area contributed by atoms with Crippen molar-refractivity contribution in [3.05, 3.63) is 0 Å². The van der Waals surface area contributed by atoms with E-state index in [9.17, 15) is 5.11 Å². The summed E-state index contributed by atoms with van der Waals surface area (Å²) in [5, 5.41) is 13.4. The number of hydrogen-bond donors (Lipinski definition) is 2. The lowest BCUT2D eigenvalue weighted by molar-refractivity contribution is 0.0143. The van der Waals surface area contributed by atoms with Gasteiger partial charge in [-0.2, -0.15) is 0 Å². The summed E-state index contributed by atoms with van der Waals surface area (Å²) in [4.78, 5) is 0. The maximum Gasteiger partial charge on any atom is 0.0766 e. The van der Waals surface area contributed by atoms with Crippen LogP contribution >= 0.6 is 0 Å². The summed E-state index contributed by atoms with van der Waals surface area (Å²) in [6.45, 7) is 12.3. The van der Waals surface area contributed by atoms with Crippen molar-refractivity contribution in [1.82, 2.24) is 5.32 Å². The minimum Gasteiger partial charge on any atom is -0.389 e. The van der Waals surface area contributed by atoms with Crippen LogP contribution in [0.15, 0.2) is 0 Å². The van der Waals surface area contributed by atoms with Crippen molar-refractivity contribution in [3.8, 4) is 0 Å². The quantitative estimate of drug-likeness (QED) is 0.575. The average Bonchev–Trinajstić information content (AvgIpc) is 2.21. The predicted octanol–water partition coefficient (Wildman–Crippen LogP) is 3.59. The summed E-state index contributed by atoms with van der Waals surface area (Å²) in [6, 6.07) is 0. The molecule has 0 amide bonds. The second kappa shape index (κ2) is 8.93. The van der Waals surface area contributed by atoms with Crippen LogP contribution in [-0.4, -0.2) is 23.8 Å². The molecule has 0 heterocycles. The van der Waals surface area contributed by atoms with Crippen LogP contribution in [0.25, 0.3) is 0 Å². The summed E-state index contributed by atoms with van der Waals surface area (Å²) in [5.41, 5.74) is -0.572. The van der Waals surface area contributed by atoms with Gasteiger partial charge in [0.05, 0.1) is 5.60 Å². The second-order valence-electron chi connectivity index (χ2n) is 6.29. The van der Waals surface area contributed by atoms with Crippen molar-refractivity contribution >= 4 is 0 Å². The van der Waals surface area contributed by atoms with Crippen LogP contribution in [0.5, 0.6) is 0 Å². The van der Waals surface area contributed by atoms with Gasteiger partial charge in [0.25, 0.3) is 0 Å². The molecule has 1 unspecified atom stereocenters. The van der Waals surface area contributed by atoms with Crippen LogP contribution in [0.3, 0.4) is 0 Å². The van der Waals surface area contributed by atoms with E-state index in [1.54, 1.807) is 0 Å². The van der Waals surface area contributed by atoms with Crippen LogP contribution in [0.2, 0.25) is 0 Å². The van der Waals surface area contributed by atoms with E-state index in [0.717, 1.165) is 12.5 Å². The lowest BCUT2D eigenvalue weighted by atomic mass is 9.92. The molecule has 17 heavy (non-hydrogen) atoms. The Morgan fingerprint density at radius 2 is 1.59 bits per heavy atom. The van der Waals surface area contributed by atoms with E-state index in [1.165, 1.54) is 32.1 Å². The molecule has 0 saturated heterocycles. The summed E-state index contributed by atoms with van der Waals surface area (Å²) < 4.78 is 0. The van der Waals surface area contributed by atoms with E-state index in [4.69, 9.17) is 0 Å². The summed E-state index contributed by atoms with van der Waals surface area (Å²) in [5.74, 6) is 1.15. The first-order chi connectivity index (χ1) is 7.86. The molecule has 0 spiro atoms. The van der Waals surface area contributed by atoms with Gasteiger partial charge in [0.2, 0.25) is 0 Å². The van der Waals surface area contributed by atoms with Gasteiger partial charge in [-0.15, -0.1) is 0 Å². The van der Waals surface area contributed by atoms with Gasteiger partial charge in [0, 0.05) is 6.54 Å². The Balaban J connectivity index is 3.30. The number of hydrogen-bond acceptors (Lipinski definition) is 2. The van der Waals surface area contributed by atoms with Gasteiger partial charge in [-0.1, -0.05) is 53.4 Å².